The first-order valence-corrected chi connectivity index (χ1v) is 53.7. The molecule has 17 aliphatic heterocycles. The molecule has 19 fully saturated rings. The zero-order valence-electron chi connectivity index (χ0n) is 79.5. The molecule has 722 valence electrons. The van der Waals surface area contributed by atoms with Crippen molar-refractivity contribution in [2.24, 2.45) is 40.9 Å². The summed E-state index contributed by atoms with van der Waals surface area (Å²) >= 11 is 1.97. The molecule has 10 bridgehead atoms. The molecule has 25 aliphatic rings. The lowest BCUT2D eigenvalue weighted by Crippen LogP contribution is -2.69. The van der Waals surface area contributed by atoms with Gasteiger partial charge in [-0.1, -0.05) is 264 Å². The first-order valence-electron chi connectivity index (χ1n) is 52.7. The molecule has 17 heterocycles. The van der Waals surface area contributed by atoms with Crippen molar-refractivity contribution in [2.75, 3.05) is 129 Å². The molecule has 11 saturated heterocycles. The number of hydrogen-bond donors (Lipinski definition) is 10. The summed E-state index contributed by atoms with van der Waals surface area (Å²) in [6.45, 7) is 27.2. The van der Waals surface area contributed by atoms with Crippen molar-refractivity contribution in [2.45, 2.75) is 340 Å². The number of piperidine rings is 5. The highest BCUT2D eigenvalue weighted by Gasteiger charge is 2.42. The highest BCUT2D eigenvalue weighted by molar-refractivity contribution is 7.99. The van der Waals surface area contributed by atoms with E-state index in [-0.39, 0.29) is 14.9 Å². The zero-order chi connectivity index (χ0) is 87.2. The van der Waals surface area contributed by atoms with Crippen molar-refractivity contribution in [3.8, 4) is 0 Å². The summed E-state index contributed by atoms with van der Waals surface area (Å²) < 4.78 is 20.9. The zero-order valence-corrected chi connectivity index (χ0v) is 80.3. The number of benzene rings is 6. The van der Waals surface area contributed by atoms with Crippen LogP contribution in [0.15, 0.2) is 150 Å². The van der Waals surface area contributed by atoms with Crippen LogP contribution in [0.5, 0.6) is 0 Å². The van der Waals surface area contributed by atoms with Crippen molar-refractivity contribution in [3.63, 3.8) is 0 Å². The molecule has 0 aromatic heterocycles. The lowest BCUT2D eigenvalue weighted by atomic mass is 9.71. The second-order valence-electron chi connectivity index (χ2n) is 41.0. The Hall–Kier alpha value is -5.09. The SMILES string of the molecule is C.C.C1CC2CC1CN2.C1CC2CCC(C1)N2.C1CC2CCC1C2.C1CC2CCC1CC2.C1CC2CCC1CN2.C1CCCCC1.C1CCNCC1.C1CCOCC1.C1CN2CCOCC2CN1.C1NCC12CNC2.c1ccc2c(c1)CCN2.c1ccc2c(c1)CCNC2.c1ccc2c(c1)CCS2.c1ccc2c(c1)CNC2.c1ccc2c(c1)COC2.c1ccc2c(c1)COC2. The van der Waals surface area contributed by atoms with Gasteiger partial charge in [0.2, 0.25) is 0 Å². The van der Waals surface area contributed by atoms with Crippen molar-refractivity contribution in [1.29, 1.82) is 0 Å². The summed E-state index contributed by atoms with van der Waals surface area (Å²) in [5, 5.41) is 33.7. The lowest BCUT2D eigenvalue weighted by Gasteiger charge is -2.50. The summed E-state index contributed by atoms with van der Waals surface area (Å²) in [6, 6.07) is 55.2. The average Bonchev–Trinajstić information content (AvgIpc) is 1.12. The van der Waals surface area contributed by atoms with E-state index in [0.717, 1.165) is 158 Å². The van der Waals surface area contributed by atoms with E-state index < -0.39 is 0 Å². The minimum atomic E-state index is 0. The number of aryl methyl sites for hydroxylation is 1. The first kappa shape index (κ1) is 104. The molecule has 130 heavy (non-hydrogen) atoms. The van der Waals surface area contributed by atoms with E-state index in [9.17, 15) is 0 Å². The fraction of sp³-hybridized carbons (Fsp3) is 0.684. The molecule has 5 unspecified atom stereocenters. The van der Waals surface area contributed by atoms with Crippen LogP contribution in [-0.2, 0) is 84.3 Å². The standard InChI is InChI=1S/C9H11N.2C8H9N.2C8H8O.C8H8S.C8H14.C7H14N2O.2C7H13N.C7H12.C6H11N.C6H12.C5H10N2.C5H11N.C5H10O.2CH4/c1-2-4-9-7-10-6-5-8(9)3-1;1-2-4-8-6-9-5-7(8)3-1;1-2-4-8-7(3-1)5-6-9-8;2*1-2-4-8-6-9-5-7(8)3-1;1-2-4-8-7(3-1)5-6-9-8;1-2-8-5-3-7(1)4-6-8;1-2-9-3-4-10-6-7(9)5-8-1;1-3-7-4-2-6(1)5-8-7;1-2-6-4-5-7(3-1)8-6;1-2-7-4-3-6(1)5-7;1-2-6-3-5(1)4-7-6;1-2-4-6-5-3-1;1-5(2-6-1)3-7-4-5;2*1-2-4-6-5-3-1;;/h1-4,10H,5-7H2;2*1-4,9H,5-6H2;3*1-4H,5-6H2;7-8H,1-6H2;7-8H,1-6H2;2*6-8H,1-5H2;6-7H,1-5H2;5-7H,1-4H2;1-6H2;6-7H,1-4H2;6H,1-5H2;1-5H2;2*1H4. The molecular weight excluding hydrogens is 1620 g/mol. The molecule has 0 radical (unpaired) electrons. The van der Waals surface area contributed by atoms with Gasteiger partial charge in [-0.25, -0.2) is 0 Å². The Morgan fingerprint density at radius 1 is 0.300 bits per heavy atom. The van der Waals surface area contributed by atoms with Crippen molar-refractivity contribution in [1.82, 2.24) is 52.8 Å². The fourth-order valence-corrected chi connectivity index (χ4v) is 23.8. The Morgan fingerprint density at radius 3 is 1.13 bits per heavy atom. The van der Waals surface area contributed by atoms with Gasteiger partial charge < -0.3 is 72.1 Å². The van der Waals surface area contributed by atoms with E-state index in [1.165, 1.54) is 316 Å². The molecule has 10 N–H and O–H groups in total. The Kier molecular flexibility index (Phi) is 48.3. The third-order valence-corrected chi connectivity index (χ3v) is 32.4. The summed E-state index contributed by atoms with van der Waals surface area (Å²) in [4.78, 5) is 4.00. The van der Waals surface area contributed by atoms with Gasteiger partial charge in [-0.3, -0.25) is 4.90 Å². The number of thioether (sulfide) groups is 1. The van der Waals surface area contributed by atoms with Gasteiger partial charge in [0.05, 0.1) is 39.6 Å². The summed E-state index contributed by atoms with van der Waals surface area (Å²) in [7, 11) is 0. The molecule has 6 aromatic rings. The molecule has 6 aromatic carbocycles. The van der Waals surface area contributed by atoms with E-state index in [4.69, 9.17) is 18.9 Å². The number of hydrogen-bond acceptors (Lipinski definition) is 16. The quantitative estimate of drug-likeness (QED) is 0.0699. The van der Waals surface area contributed by atoms with Crippen molar-refractivity contribution >= 4 is 17.4 Å². The molecule has 1 spiro atoms. The second-order valence-corrected chi connectivity index (χ2v) is 42.1. The number of fused-ring (bicyclic) bond motifs is 19. The van der Waals surface area contributed by atoms with Gasteiger partial charge in [0.25, 0.3) is 0 Å². The van der Waals surface area contributed by atoms with Gasteiger partial charge >= 0.3 is 0 Å². The monoisotopic (exact) mass is 1800 g/mol. The molecule has 15 nitrogen and oxygen atoms in total. The normalized spacial score (nSPS) is 28.0. The van der Waals surface area contributed by atoms with Gasteiger partial charge in [0.1, 0.15) is 0 Å². The maximum absolute atomic E-state index is 5.36. The minimum absolute atomic E-state index is 0. The van der Waals surface area contributed by atoms with E-state index in [2.05, 4.69) is 179 Å². The number of morpholine rings is 1. The highest BCUT2D eigenvalue weighted by Crippen LogP contribution is 2.44. The van der Waals surface area contributed by atoms with Gasteiger partial charge in [-0.15, -0.1) is 11.8 Å². The van der Waals surface area contributed by atoms with Crippen molar-refractivity contribution in [3.05, 3.63) is 201 Å². The first-order chi connectivity index (χ1) is 63.4. The third kappa shape index (κ3) is 36.8. The van der Waals surface area contributed by atoms with Crippen LogP contribution in [0.2, 0.25) is 0 Å². The number of nitrogens with zero attached hydrogens (tertiary/aromatic N) is 1. The summed E-state index contributed by atoms with van der Waals surface area (Å²) in [5.41, 5.74) is 16.3. The maximum Gasteiger partial charge on any atom is 0.0724 e. The molecule has 31 rings (SSSR count). The minimum Gasteiger partial charge on any atom is -0.384 e. The fourth-order valence-electron chi connectivity index (χ4n) is 22.8. The van der Waals surface area contributed by atoms with E-state index in [1.807, 2.05) is 36.0 Å². The number of rotatable bonds is 0. The van der Waals surface area contributed by atoms with E-state index in [0.29, 0.717) is 6.04 Å². The van der Waals surface area contributed by atoms with E-state index in [1.54, 1.807) is 70.6 Å². The molecule has 5 atom stereocenters. The Labute approximate surface area is 795 Å². The number of piperazine rings is 1. The Bertz CT molecular complexity index is 3270. The van der Waals surface area contributed by atoms with Gasteiger partial charge in [-0.05, 0) is 264 Å². The lowest BCUT2D eigenvalue weighted by molar-refractivity contribution is -0.0168. The Balaban J connectivity index is 0.000000126. The van der Waals surface area contributed by atoms with Gasteiger partial charge in [0, 0.05) is 144 Å². The molecule has 8 saturated carbocycles. The van der Waals surface area contributed by atoms with Crippen LogP contribution in [0.25, 0.3) is 0 Å². The largest absolute Gasteiger partial charge is 0.384 e. The average molecular weight is 1800 g/mol. The molecule has 0 amide bonds. The smallest absolute Gasteiger partial charge is 0.0724 e. The van der Waals surface area contributed by atoms with E-state index >= 15 is 0 Å². The number of nitrogens with one attached hydrogen (secondary N) is 10. The maximum atomic E-state index is 5.36. The number of para-hydroxylation sites is 1. The summed E-state index contributed by atoms with van der Waals surface area (Å²) in [6.07, 6.45) is 55.5. The molecule has 8 aliphatic carbocycles. The Morgan fingerprint density at radius 2 is 0.754 bits per heavy atom. The topological polar surface area (TPSA) is 160 Å². The van der Waals surface area contributed by atoms with Crippen LogP contribution in [0, 0.1) is 40.9 Å². The second kappa shape index (κ2) is 60.5. The predicted molar refractivity (Wildman–Crippen MR) is 549 cm³/mol. The van der Waals surface area contributed by atoms with Crippen LogP contribution in [-0.4, -0.2) is 159 Å². The molecule has 16 heteroatoms. The van der Waals surface area contributed by atoms with Crippen LogP contribution < -0.4 is 53.2 Å². The number of ether oxygens (including phenoxy) is 4. The summed E-state index contributed by atoms with van der Waals surface area (Å²) in [5.74, 6) is 8.03. The number of anilines is 1. The molecular formula is C114H181N11O4S. The van der Waals surface area contributed by atoms with Crippen molar-refractivity contribution < 1.29 is 18.9 Å². The van der Waals surface area contributed by atoms with Gasteiger partial charge in [-0.2, -0.15) is 0 Å². The third-order valence-electron chi connectivity index (χ3n) is 31.2. The van der Waals surface area contributed by atoms with Crippen LogP contribution in [0.4, 0.5) is 5.69 Å². The highest BCUT2D eigenvalue weighted by atomic mass is 32.2. The van der Waals surface area contributed by atoms with Crippen LogP contribution in [0.3, 0.4) is 0 Å². The predicted octanol–water partition coefficient (Wildman–Crippen LogP) is 22.1. The van der Waals surface area contributed by atoms with Crippen LogP contribution in [0.1, 0.15) is 295 Å². The van der Waals surface area contributed by atoms with Crippen LogP contribution >= 0.6 is 11.8 Å². The van der Waals surface area contributed by atoms with Gasteiger partial charge in [0.15, 0.2) is 0 Å².